The number of hydrogen-bond acceptors (Lipinski definition) is 11. The topological polar surface area (TPSA) is 149 Å². The second-order valence-electron chi connectivity index (χ2n) is 46.7. The van der Waals surface area contributed by atoms with E-state index in [0.29, 0.717) is 29.6 Å². The highest BCUT2D eigenvalue weighted by Crippen LogP contribution is 2.47. The largest absolute Gasteiger partial charge is 0.486 e. The molecule has 0 radical (unpaired) electrons. The van der Waals surface area contributed by atoms with Gasteiger partial charge in [-0.2, -0.15) is 0 Å². The summed E-state index contributed by atoms with van der Waals surface area (Å²) in [5, 5.41) is 0.557. The van der Waals surface area contributed by atoms with Gasteiger partial charge in [-0.05, 0) is 169 Å². The number of rotatable bonds is 27. The second-order valence-corrected chi connectivity index (χ2v) is 58.4. The molecule has 13 heteroatoms. The standard InChI is InChI=1S/C22H22.C15H12O2.C11H14O2.C11H16.C10H14.C9H20O2Si.C9H22Si.C8H16O2.C7H12O2.C7H16.C7H14.C5H10O.C5H12.C4H10/c1-18(2)22(19-12-6-3-7-13-19,20-14-8-4-9-15-20)21-16-10-5-11-17-21;1-10(16)17-15-13-8-4-2-6-11(13)12-7-3-5-9-14(12)15;1-9(2)11(12)8-13-10-6-4-3-5-7-10;1-9(2)8-11-6-4-10(3)5-7-11;1-9(2)8-10-6-4-3-5-7-10;1-8(2)9(10)11-6-7-12(3,4)5;1-8(2)10(6,7)9(3,4)5;1-6(2)7(9)10-8(3,4)5;1-4-5-9-7(8)6(2)3;1-6(2)7(3,4)5;1-4-5-6-7(2)3;1-4(2)5(3)6;1-4-5(2)3;1-4(2)3/h3-18H,1-2H3;2-9,15H,1H3;3-7,9H,8H2,1-2H3;4-7,9H,8H2,1-3H3;3-7,9H,8H2,1-2H3;8H,6-7H2,1-5H3;8H,1-7H3;6H,1-5H3;4,6H,1,5H2,2-3H3;6H,1-5H3;4,7H,1,5-6H2,2-3H3;4H,1-3H3;5H,4H2,1-3H3;4H,1-3H3. The molecule has 11 nitrogen and oxygen atoms in total. The lowest BCUT2D eigenvalue weighted by Crippen LogP contribution is -2.39. The summed E-state index contributed by atoms with van der Waals surface area (Å²) in [6.07, 6.45) is 9.42. The first-order chi connectivity index (χ1) is 66.1. The summed E-state index contributed by atoms with van der Waals surface area (Å²) in [6.45, 7) is 104. The Hall–Kier alpha value is -9.31. The monoisotopic (exact) mass is 2000 g/mol. The lowest BCUT2D eigenvalue weighted by atomic mass is 9.63. The molecule has 0 saturated carbocycles. The number of allylic oxidation sites excluding steroid dienone is 1. The minimum Gasteiger partial charge on any atom is -0.486 e. The van der Waals surface area contributed by atoms with Crippen molar-refractivity contribution in [2.24, 2.45) is 76.4 Å². The Labute approximate surface area is 881 Å². The molecule has 804 valence electrons. The van der Waals surface area contributed by atoms with Crippen molar-refractivity contribution >= 4 is 51.6 Å². The summed E-state index contributed by atoms with van der Waals surface area (Å²) in [5.74, 6) is 6.03. The number of hydrogen-bond donors (Lipinski definition) is 0. The van der Waals surface area contributed by atoms with E-state index < -0.39 is 16.1 Å². The van der Waals surface area contributed by atoms with Crippen LogP contribution >= 0.6 is 0 Å². The maximum Gasteiger partial charge on any atom is 0.308 e. The van der Waals surface area contributed by atoms with Gasteiger partial charge in [-0.15, -0.1) is 6.58 Å². The van der Waals surface area contributed by atoms with Gasteiger partial charge in [0.1, 0.15) is 30.3 Å². The second kappa shape index (κ2) is 77.2. The molecular formula is C130H210O11Si2. The van der Waals surface area contributed by atoms with Gasteiger partial charge < -0.3 is 23.7 Å². The first-order valence-corrected chi connectivity index (χ1v) is 60.0. The maximum atomic E-state index is 11.2. The van der Waals surface area contributed by atoms with E-state index in [0.717, 1.165) is 81.5 Å². The van der Waals surface area contributed by atoms with Gasteiger partial charge >= 0.3 is 23.9 Å². The summed E-state index contributed by atoms with van der Waals surface area (Å²) in [6, 6.07) is 78.5. The molecule has 1 aliphatic carbocycles. The number of carbonyl (C=O) groups excluding carboxylic acids is 6. The molecule has 0 saturated heterocycles. The highest BCUT2D eigenvalue weighted by Gasteiger charge is 2.40. The van der Waals surface area contributed by atoms with E-state index in [1.165, 1.54) is 66.0 Å². The number of Topliss-reactive ketones (excluding diaryl/α,β-unsaturated/α-hetero) is 2. The molecule has 0 unspecified atom stereocenters. The van der Waals surface area contributed by atoms with Crippen molar-refractivity contribution in [2.75, 3.05) is 19.8 Å². The van der Waals surface area contributed by atoms with E-state index in [9.17, 15) is 28.8 Å². The normalized spacial score (nSPS) is 11.3. The zero-order chi connectivity index (χ0) is 111. The fourth-order valence-electron chi connectivity index (χ4n) is 11.8. The van der Waals surface area contributed by atoms with Crippen LogP contribution in [0, 0.1) is 83.4 Å². The van der Waals surface area contributed by atoms with Crippen molar-refractivity contribution in [3.63, 3.8) is 0 Å². The Morgan fingerprint density at radius 2 is 0.741 bits per heavy atom. The third-order valence-corrected chi connectivity index (χ3v) is 32.0. The molecule has 143 heavy (non-hydrogen) atoms. The molecule has 0 spiro atoms. The van der Waals surface area contributed by atoms with E-state index in [1.807, 2.05) is 149 Å². The van der Waals surface area contributed by atoms with Gasteiger partial charge in [-0.3, -0.25) is 28.8 Å². The lowest BCUT2D eigenvalue weighted by molar-refractivity contribution is -0.158. The quantitative estimate of drug-likeness (QED) is 0.0159. The average molecular weight is 2010 g/mol. The third kappa shape index (κ3) is 71.0. The van der Waals surface area contributed by atoms with Crippen LogP contribution in [0.25, 0.3) is 11.1 Å². The highest BCUT2D eigenvalue weighted by molar-refractivity contribution is 6.81. The Balaban J connectivity index is -0.000000489. The van der Waals surface area contributed by atoms with Gasteiger partial charge in [-0.1, -0.05) is 517 Å². The van der Waals surface area contributed by atoms with Gasteiger partial charge in [-0.25, -0.2) is 0 Å². The zero-order valence-corrected chi connectivity index (χ0v) is 101. The lowest BCUT2D eigenvalue weighted by Gasteiger charge is -2.40. The van der Waals surface area contributed by atoms with Crippen molar-refractivity contribution in [2.45, 2.75) is 376 Å². The molecule has 0 atom stereocenters. The summed E-state index contributed by atoms with van der Waals surface area (Å²) in [5.41, 5.74) is 13.7. The predicted octanol–water partition coefficient (Wildman–Crippen LogP) is 37.4. The van der Waals surface area contributed by atoms with E-state index in [-0.39, 0.29) is 88.8 Å². The highest BCUT2D eigenvalue weighted by atomic mass is 28.3. The number of esters is 4. The van der Waals surface area contributed by atoms with E-state index in [1.54, 1.807) is 26.8 Å². The van der Waals surface area contributed by atoms with Gasteiger partial charge in [0.05, 0.1) is 32.4 Å². The fourth-order valence-corrected chi connectivity index (χ4v) is 14.2. The number of ether oxygens (including phenoxy) is 5. The molecule has 0 heterocycles. The fraction of sp³-hybridized carbons (Fsp3) is 0.554. The number of fused-ring (bicyclic) bond motifs is 3. The van der Waals surface area contributed by atoms with Gasteiger partial charge in [0.25, 0.3) is 0 Å². The maximum absolute atomic E-state index is 11.2. The van der Waals surface area contributed by atoms with Gasteiger partial charge in [0.15, 0.2) is 11.9 Å². The van der Waals surface area contributed by atoms with E-state index in [4.69, 9.17) is 23.7 Å². The van der Waals surface area contributed by atoms with Crippen molar-refractivity contribution in [1.29, 1.82) is 0 Å². The first-order valence-electron chi connectivity index (χ1n) is 53.2. The summed E-state index contributed by atoms with van der Waals surface area (Å²) >= 11 is 0. The van der Waals surface area contributed by atoms with Crippen LogP contribution < -0.4 is 4.74 Å². The average Bonchev–Trinajstić information content (AvgIpc) is 1.41. The molecule has 8 aromatic carbocycles. The molecule has 0 fully saturated rings. The molecule has 9 rings (SSSR count). The van der Waals surface area contributed by atoms with Crippen molar-refractivity contribution in [3.05, 3.63) is 294 Å². The van der Waals surface area contributed by atoms with Crippen molar-refractivity contribution < 1.29 is 52.5 Å². The molecule has 8 aromatic rings. The van der Waals surface area contributed by atoms with Gasteiger partial charge in [0, 0.05) is 43.4 Å². The van der Waals surface area contributed by atoms with Crippen molar-refractivity contribution in [1.82, 2.24) is 0 Å². The van der Waals surface area contributed by atoms with Crippen LogP contribution in [-0.4, -0.2) is 77.0 Å². The molecule has 0 aliphatic heterocycles. The van der Waals surface area contributed by atoms with Crippen LogP contribution in [0.3, 0.4) is 0 Å². The van der Waals surface area contributed by atoms with Crippen LogP contribution in [0.5, 0.6) is 5.75 Å². The van der Waals surface area contributed by atoms with Crippen LogP contribution in [0.15, 0.2) is 250 Å². The number of benzene rings is 8. The molecular weight excluding hydrogens is 1790 g/mol. The summed E-state index contributed by atoms with van der Waals surface area (Å²) < 4.78 is 25.5. The zero-order valence-electron chi connectivity index (χ0n) is 99.4. The van der Waals surface area contributed by atoms with Crippen LogP contribution in [0.1, 0.15) is 340 Å². The summed E-state index contributed by atoms with van der Waals surface area (Å²) in [4.78, 5) is 65.1. The third-order valence-electron chi connectivity index (χ3n) is 23.6. The minimum atomic E-state index is -1.04. The Morgan fingerprint density at radius 1 is 0.406 bits per heavy atom. The van der Waals surface area contributed by atoms with Gasteiger partial charge in [0.2, 0.25) is 0 Å². The molecule has 0 N–H and O–H groups in total. The number of ketones is 2. The summed E-state index contributed by atoms with van der Waals surface area (Å²) in [7, 11) is -2.02. The Kier molecular flexibility index (Phi) is 76.7. The predicted molar refractivity (Wildman–Crippen MR) is 629 cm³/mol. The molecule has 0 bridgehead atoms. The van der Waals surface area contributed by atoms with Crippen LogP contribution in [0.4, 0.5) is 0 Å². The number of para-hydroxylation sites is 1. The Morgan fingerprint density at radius 3 is 0.993 bits per heavy atom. The van der Waals surface area contributed by atoms with Crippen LogP contribution in [-0.2, 0) is 66.0 Å². The SMILES string of the molecule is C=CCCC(C)C.C=CCOC(=O)C(C)C.CC(=O)C(C)C.CC(=O)OC1c2ccccc2-c2ccccc21.CC(C)C.CC(C)C(=O)COc1ccccc1.CC(C)C(=O)OC(C)(C)C.CC(C)C(=O)OCC[Si](C)(C)C.CC(C)C(C)(C)C.CC(C)C(c1ccccc1)(c1ccccc1)c1ccccc1.CC(C)Cc1ccccc1.CC(C)[Si](C)(C)C(C)(C)C.CCC(C)C.Cc1ccc(CC(C)C)cc1. The minimum absolute atomic E-state index is 0.00614. The Bertz CT molecular complexity index is 4420. The molecule has 0 amide bonds. The van der Waals surface area contributed by atoms with Crippen molar-refractivity contribution in [3.8, 4) is 16.9 Å². The molecule has 0 aromatic heterocycles. The number of carbonyl (C=O) groups is 6. The smallest absolute Gasteiger partial charge is 0.308 e. The molecule has 1 aliphatic rings. The van der Waals surface area contributed by atoms with E-state index in [2.05, 4.69) is 377 Å². The van der Waals surface area contributed by atoms with E-state index >= 15 is 0 Å². The van der Waals surface area contributed by atoms with Crippen LogP contribution in [0.2, 0.25) is 49.4 Å². The first kappa shape index (κ1) is 142. The number of aryl methyl sites for hydroxylation is 1.